The molecule has 1 aliphatic rings. The summed E-state index contributed by atoms with van der Waals surface area (Å²) in [6.07, 6.45) is 1.95. The fourth-order valence-electron chi connectivity index (χ4n) is 3.92. The van der Waals surface area contributed by atoms with E-state index in [9.17, 15) is 9.59 Å². The molecule has 29 heavy (non-hydrogen) atoms. The Bertz CT molecular complexity index is 667. The van der Waals surface area contributed by atoms with E-state index >= 15 is 0 Å². The van der Waals surface area contributed by atoms with Gasteiger partial charge < -0.3 is 20.0 Å². The van der Waals surface area contributed by atoms with Crippen LogP contribution in [0.3, 0.4) is 0 Å². The van der Waals surface area contributed by atoms with Gasteiger partial charge in [-0.3, -0.25) is 9.59 Å². The second-order valence-electron chi connectivity index (χ2n) is 8.20. The van der Waals surface area contributed by atoms with E-state index in [1.165, 1.54) is 9.80 Å². The number of amides is 2. The van der Waals surface area contributed by atoms with Crippen molar-refractivity contribution in [1.29, 1.82) is 0 Å². The fourth-order valence-corrected chi connectivity index (χ4v) is 4.10. The van der Waals surface area contributed by atoms with Crippen molar-refractivity contribution in [3.05, 3.63) is 29.3 Å². The van der Waals surface area contributed by atoms with Crippen LogP contribution >= 0.6 is 11.6 Å². The molecule has 0 saturated carbocycles. The van der Waals surface area contributed by atoms with Crippen molar-refractivity contribution >= 4 is 29.1 Å². The molecule has 0 spiro atoms. The molecule has 1 heterocycles. The predicted octanol–water partition coefficient (Wildman–Crippen LogP) is 0.488. The fraction of sp³-hybridized carbons (Fsp3) is 0.636. The van der Waals surface area contributed by atoms with E-state index in [1.54, 1.807) is 6.07 Å². The van der Waals surface area contributed by atoms with Gasteiger partial charge in [-0.15, -0.1) is 0 Å². The maximum Gasteiger partial charge on any atom is 0.279 e. The molecule has 2 rings (SSSR count). The number of carbonyl (C=O) groups excluding carboxylic acids is 2. The molecule has 1 aromatic rings. The van der Waals surface area contributed by atoms with Crippen molar-refractivity contribution in [1.82, 2.24) is 4.90 Å². The van der Waals surface area contributed by atoms with E-state index in [4.69, 9.17) is 11.6 Å². The van der Waals surface area contributed by atoms with Crippen LogP contribution in [0.5, 0.6) is 0 Å². The van der Waals surface area contributed by atoms with Crippen LogP contribution in [0.2, 0.25) is 5.02 Å². The van der Waals surface area contributed by atoms with Gasteiger partial charge in [-0.1, -0.05) is 37.6 Å². The van der Waals surface area contributed by atoms with Crippen LogP contribution in [0.1, 0.15) is 40.5 Å². The van der Waals surface area contributed by atoms with Crippen molar-refractivity contribution in [3.63, 3.8) is 0 Å². The van der Waals surface area contributed by atoms with E-state index in [1.807, 2.05) is 18.2 Å². The number of hydrogen-bond donors (Lipinski definition) is 3. The first-order valence-electron chi connectivity index (χ1n) is 10.9. The summed E-state index contributed by atoms with van der Waals surface area (Å²) in [6, 6.07) is 7.83. The Morgan fingerprint density at radius 1 is 1.00 bits per heavy atom. The molecule has 162 valence electrons. The minimum atomic E-state index is -0.0210. The summed E-state index contributed by atoms with van der Waals surface area (Å²) in [5.74, 6) is 0.232. The summed E-state index contributed by atoms with van der Waals surface area (Å²) >= 11 is 6.11. The van der Waals surface area contributed by atoms with Gasteiger partial charge >= 0.3 is 0 Å². The van der Waals surface area contributed by atoms with Crippen LogP contribution in [0.15, 0.2) is 24.3 Å². The van der Waals surface area contributed by atoms with Gasteiger partial charge in [0.1, 0.15) is 26.2 Å². The largest absolute Gasteiger partial charge is 0.332 e. The van der Waals surface area contributed by atoms with Crippen molar-refractivity contribution in [2.75, 3.05) is 44.6 Å². The average molecular weight is 425 g/mol. The summed E-state index contributed by atoms with van der Waals surface area (Å²) in [6.45, 7) is 13.1. The lowest BCUT2D eigenvalue weighted by Crippen LogP contribution is -3.28. The molecule has 0 aromatic heterocycles. The van der Waals surface area contributed by atoms with Crippen molar-refractivity contribution in [3.8, 4) is 0 Å². The van der Waals surface area contributed by atoms with Gasteiger partial charge in [0.05, 0.1) is 10.7 Å². The molecule has 2 amide bonds. The van der Waals surface area contributed by atoms with Crippen molar-refractivity contribution in [2.24, 2.45) is 0 Å². The maximum atomic E-state index is 12.9. The second kappa shape index (κ2) is 11.5. The lowest BCUT2D eigenvalue weighted by Gasteiger charge is -2.36. The van der Waals surface area contributed by atoms with E-state index in [0.717, 1.165) is 39.0 Å². The zero-order valence-corrected chi connectivity index (χ0v) is 19.0. The molecule has 1 aliphatic heterocycles. The van der Waals surface area contributed by atoms with Gasteiger partial charge in [0.15, 0.2) is 13.1 Å². The molecule has 0 unspecified atom stereocenters. The van der Waals surface area contributed by atoms with Crippen LogP contribution in [0, 0.1) is 0 Å². The van der Waals surface area contributed by atoms with E-state index in [0.29, 0.717) is 23.8 Å². The number of quaternary nitrogens is 2. The Morgan fingerprint density at radius 3 is 2.03 bits per heavy atom. The normalized spacial score (nSPS) is 21.3. The average Bonchev–Trinajstić information content (AvgIpc) is 2.71. The molecule has 3 N–H and O–H groups in total. The van der Waals surface area contributed by atoms with Gasteiger partial charge in [0.2, 0.25) is 0 Å². The smallest absolute Gasteiger partial charge is 0.279 e. The highest BCUT2D eigenvalue weighted by Gasteiger charge is 2.30. The maximum absolute atomic E-state index is 12.9. The first-order valence-corrected chi connectivity index (χ1v) is 11.3. The van der Waals surface area contributed by atoms with Crippen LogP contribution in [-0.4, -0.2) is 68.1 Å². The Labute approximate surface area is 180 Å². The van der Waals surface area contributed by atoms with Crippen molar-refractivity contribution < 1.29 is 19.4 Å². The molecule has 0 bridgehead atoms. The number of benzene rings is 1. The number of hydrogen-bond acceptors (Lipinski definition) is 2. The molecular weight excluding hydrogens is 388 g/mol. The van der Waals surface area contributed by atoms with Crippen LogP contribution in [-0.2, 0) is 9.59 Å². The standard InChI is InChI=1S/C22H35ClN4O2/c1-5-17(3)27(18(4)6-2)22(29)16-26-13-11-25(12-14-26)15-21(28)24-20-10-8-7-9-19(20)23/h7-10,17-18H,5-6,11-16H2,1-4H3,(H,24,28)/p+2/t17-,18-/m0/s1. The van der Waals surface area contributed by atoms with Crippen LogP contribution < -0.4 is 15.1 Å². The quantitative estimate of drug-likeness (QED) is 0.540. The molecule has 2 atom stereocenters. The Kier molecular flexibility index (Phi) is 9.40. The third-order valence-electron chi connectivity index (χ3n) is 6.04. The summed E-state index contributed by atoms with van der Waals surface area (Å²) in [7, 11) is 0. The van der Waals surface area contributed by atoms with Gasteiger partial charge in [-0.05, 0) is 38.8 Å². The third kappa shape index (κ3) is 6.98. The SMILES string of the molecule is CC[C@H](C)N(C(=O)C[NH+]1CC[NH+](CC(=O)Nc2ccccc2Cl)CC1)[C@@H](C)CC. The number of anilines is 1. The Hall–Kier alpha value is -1.63. The Balaban J connectivity index is 1.80. The monoisotopic (exact) mass is 424 g/mol. The topological polar surface area (TPSA) is 58.3 Å². The molecule has 7 heteroatoms. The predicted molar refractivity (Wildman–Crippen MR) is 118 cm³/mol. The molecule has 0 radical (unpaired) electrons. The highest BCUT2D eigenvalue weighted by molar-refractivity contribution is 6.33. The van der Waals surface area contributed by atoms with Gasteiger partial charge in [0.25, 0.3) is 11.8 Å². The molecule has 1 fully saturated rings. The molecular formula is C22H37ClN4O2+2. The number of carbonyl (C=O) groups is 2. The van der Waals surface area contributed by atoms with Gasteiger partial charge in [0, 0.05) is 12.1 Å². The van der Waals surface area contributed by atoms with E-state index in [2.05, 4.69) is 37.9 Å². The second-order valence-corrected chi connectivity index (χ2v) is 8.60. The number of rotatable bonds is 9. The third-order valence-corrected chi connectivity index (χ3v) is 6.37. The van der Waals surface area contributed by atoms with E-state index in [-0.39, 0.29) is 23.9 Å². The number of halogens is 1. The summed E-state index contributed by atoms with van der Waals surface area (Å²) < 4.78 is 0. The number of nitrogens with zero attached hydrogens (tertiary/aromatic N) is 1. The van der Waals surface area contributed by atoms with E-state index < -0.39 is 0 Å². The van der Waals surface area contributed by atoms with Crippen molar-refractivity contribution in [2.45, 2.75) is 52.6 Å². The first-order chi connectivity index (χ1) is 13.8. The summed E-state index contributed by atoms with van der Waals surface area (Å²) in [5, 5.41) is 3.45. The van der Waals surface area contributed by atoms with Crippen LogP contribution in [0.25, 0.3) is 0 Å². The number of nitrogens with one attached hydrogen (secondary N) is 3. The molecule has 6 nitrogen and oxygen atoms in total. The van der Waals surface area contributed by atoms with Crippen LogP contribution in [0.4, 0.5) is 5.69 Å². The lowest BCUT2D eigenvalue weighted by atomic mass is 10.1. The zero-order chi connectivity index (χ0) is 21.4. The van der Waals surface area contributed by atoms with Gasteiger partial charge in [-0.25, -0.2) is 0 Å². The highest BCUT2D eigenvalue weighted by Crippen LogP contribution is 2.19. The zero-order valence-electron chi connectivity index (χ0n) is 18.3. The number of piperazine rings is 1. The highest BCUT2D eigenvalue weighted by atomic mass is 35.5. The Morgan fingerprint density at radius 2 is 1.52 bits per heavy atom. The first kappa shape index (κ1) is 23.6. The molecule has 1 saturated heterocycles. The lowest BCUT2D eigenvalue weighted by molar-refractivity contribution is -1.00. The minimum absolute atomic E-state index is 0.0210. The minimum Gasteiger partial charge on any atom is -0.332 e. The number of para-hydroxylation sites is 1. The summed E-state index contributed by atoms with van der Waals surface area (Å²) in [4.78, 5) is 29.9. The summed E-state index contributed by atoms with van der Waals surface area (Å²) in [5.41, 5.74) is 0.656. The molecule has 1 aromatic carbocycles. The molecule has 0 aliphatic carbocycles. The van der Waals surface area contributed by atoms with Gasteiger partial charge in [-0.2, -0.15) is 0 Å².